The Morgan fingerprint density at radius 3 is 2.78 bits per heavy atom. The maximum absolute atomic E-state index is 14.3. The highest BCUT2D eigenvalue weighted by Gasteiger charge is 2.37. The van der Waals surface area contributed by atoms with Gasteiger partial charge in [-0.05, 0) is 35.9 Å². The number of benzene rings is 2. The van der Waals surface area contributed by atoms with Crippen LogP contribution in [0.5, 0.6) is 11.5 Å². The molecule has 3 rings (SSSR count). The highest BCUT2D eigenvalue weighted by atomic mass is 19.1. The fourth-order valence-corrected chi connectivity index (χ4v) is 3.42. The van der Waals surface area contributed by atoms with Crippen molar-refractivity contribution in [1.29, 1.82) is 0 Å². The van der Waals surface area contributed by atoms with E-state index in [1.54, 1.807) is 11.0 Å². The molecule has 1 heterocycles. The first-order valence-electron chi connectivity index (χ1n) is 8.51. The van der Waals surface area contributed by atoms with Gasteiger partial charge >= 0.3 is 0 Å². The first-order chi connectivity index (χ1) is 12.9. The molecule has 5 nitrogen and oxygen atoms in total. The smallest absolute Gasteiger partial charge is 0.219 e. The normalized spacial score (nSPS) is 19.1. The molecule has 1 aliphatic heterocycles. The number of aldehydes is 1. The van der Waals surface area contributed by atoms with Gasteiger partial charge in [0.2, 0.25) is 5.91 Å². The van der Waals surface area contributed by atoms with Gasteiger partial charge in [-0.25, -0.2) is 8.78 Å². The van der Waals surface area contributed by atoms with Crippen LogP contribution in [-0.4, -0.2) is 41.9 Å². The second-order valence-electron chi connectivity index (χ2n) is 6.57. The Bertz CT molecular complexity index is 871. The molecule has 2 atom stereocenters. The zero-order valence-electron chi connectivity index (χ0n) is 14.7. The molecule has 0 aliphatic carbocycles. The third kappa shape index (κ3) is 3.92. The number of carbonyl (C=O) groups is 2. The minimum atomic E-state index is -0.552. The van der Waals surface area contributed by atoms with Gasteiger partial charge in [0, 0.05) is 31.8 Å². The summed E-state index contributed by atoms with van der Waals surface area (Å²) in [6.45, 7) is 2.08. The van der Waals surface area contributed by atoms with E-state index in [0.29, 0.717) is 12.8 Å². The molecule has 0 bridgehead atoms. The van der Waals surface area contributed by atoms with E-state index < -0.39 is 17.6 Å². The number of rotatable bonds is 5. The Balaban J connectivity index is 1.85. The number of phenolic OH excluding ortho intramolecular Hbond substituents is 1. The topological polar surface area (TPSA) is 66.8 Å². The van der Waals surface area contributed by atoms with Crippen LogP contribution in [0.1, 0.15) is 28.8 Å². The van der Waals surface area contributed by atoms with Gasteiger partial charge < -0.3 is 14.7 Å². The number of ether oxygens (including phenoxy) is 1. The van der Waals surface area contributed by atoms with Crippen molar-refractivity contribution >= 4 is 12.2 Å². The van der Waals surface area contributed by atoms with Crippen LogP contribution >= 0.6 is 0 Å². The first-order valence-corrected chi connectivity index (χ1v) is 8.51. The fraction of sp³-hybridized carbons (Fsp3) is 0.300. The minimum absolute atomic E-state index is 0.0207. The Labute approximate surface area is 155 Å². The number of phenols is 1. The molecule has 2 aromatic carbocycles. The molecule has 1 aliphatic rings. The lowest BCUT2D eigenvalue weighted by molar-refractivity contribution is -0.128. The standard InChI is InChI=1S/C20H19F2NO4/c1-12(25)23-8-13(11-27-20-4-2-3-19(26)17(20)10-24)16(9-23)15-7-14(21)5-6-18(15)22/h2-7,10,13,16,26H,8-9,11H2,1H3/t13-,16+/m0/s1. The van der Waals surface area contributed by atoms with Gasteiger partial charge in [-0.2, -0.15) is 0 Å². The summed E-state index contributed by atoms with van der Waals surface area (Å²) in [5, 5.41) is 9.74. The maximum atomic E-state index is 14.3. The van der Waals surface area contributed by atoms with Crippen molar-refractivity contribution in [2.24, 2.45) is 5.92 Å². The molecular formula is C20H19F2NO4. The molecule has 1 fully saturated rings. The average Bonchev–Trinajstić information content (AvgIpc) is 3.06. The predicted molar refractivity (Wildman–Crippen MR) is 93.8 cm³/mol. The second kappa shape index (κ2) is 7.73. The van der Waals surface area contributed by atoms with Gasteiger partial charge in [-0.3, -0.25) is 9.59 Å². The van der Waals surface area contributed by atoms with Gasteiger partial charge in [-0.15, -0.1) is 0 Å². The van der Waals surface area contributed by atoms with Crippen LogP contribution in [0, 0.1) is 17.6 Å². The van der Waals surface area contributed by atoms with Crippen molar-refractivity contribution in [3.8, 4) is 11.5 Å². The second-order valence-corrected chi connectivity index (χ2v) is 6.57. The van der Waals surface area contributed by atoms with Crippen molar-refractivity contribution in [3.63, 3.8) is 0 Å². The number of carbonyl (C=O) groups excluding carboxylic acids is 2. The highest BCUT2D eigenvalue weighted by molar-refractivity contribution is 5.83. The van der Waals surface area contributed by atoms with E-state index in [2.05, 4.69) is 0 Å². The summed E-state index contributed by atoms with van der Waals surface area (Å²) >= 11 is 0. The van der Waals surface area contributed by atoms with Crippen LogP contribution in [-0.2, 0) is 4.79 Å². The van der Waals surface area contributed by atoms with Gasteiger partial charge in [0.15, 0.2) is 6.29 Å². The molecule has 0 spiro atoms. The molecule has 7 heteroatoms. The largest absolute Gasteiger partial charge is 0.507 e. The predicted octanol–water partition coefficient (Wildman–Crippen LogP) is 3.12. The quantitative estimate of drug-likeness (QED) is 0.816. The molecule has 0 radical (unpaired) electrons. The zero-order valence-corrected chi connectivity index (χ0v) is 14.7. The molecule has 1 saturated heterocycles. The first kappa shape index (κ1) is 18.8. The minimum Gasteiger partial charge on any atom is -0.507 e. The third-order valence-electron chi connectivity index (χ3n) is 4.86. The number of likely N-dealkylation sites (tertiary alicyclic amines) is 1. The van der Waals surface area contributed by atoms with Crippen molar-refractivity contribution in [2.45, 2.75) is 12.8 Å². The van der Waals surface area contributed by atoms with Crippen LogP contribution in [0.15, 0.2) is 36.4 Å². The van der Waals surface area contributed by atoms with Crippen molar-refractivity contribution < 1.29 is 28.2 Å². The lowest BCUT2D eigenvalue weighted by Crippen LogP contribution is -2.27. The SMILES string of the molecule is CC(=O)N1C[C@@H](COc2cccc(O)c2C=O)[C@H](c2cc(F)ccc2F)C1. The summed E-state index contributed by atoms with van der Waals surface area (Å²) in [7, 11) is 0. The average molecular weight is 375 g/mol. The number of hydrogen-bond donors (Lipinski definition) is 1. The molecule has 1 N–H and O–H groups in total. The molecule has 0 unspecified atom stereocenters. The molecule has 0 aromatic heterocycles. The van der Waals surface area contributed by atoms with Crippen LogP contribution in [0.3, 0.4) is 0 Å². The van der Waals surface area contributed by atoms with Crippen molar-refractivity contribution in [3.05, 3.63) is 59.2 Å². The van der Waals surface area contributed by atoms with E-state index in [9.17, 15) is 23.5 Å². The van der Waals surface area contributed by atoms with Gasteiger partial charge in [0.25, 0.3) is 0 Å². The lowest BCUT2D eigenvalue weighted by Gasteiger charge is -2.20. The highest BCUT2D eigenvalue weighted by Crippen LogP contribution is 2.35. The van der Waals surface area contributed by atoms with Crippen LogP contribution in [0.4, 0.5) is 8.78 Å². The maximum Gasteiger partial charge on any atom is 0.219 e. The van der Waals surface area contributed by atoms with Crippen molar-refractivity contribution in [1.82, 2.24) is 4.90 Å². The Hall–Kier alpha value is -2.96. The number of amides is 1. The zero-order chi connectivity index (χ0) is 19.6. The number of aromatic hydroxyl groups is 1. The fourth-order valence-electron chi connectivity index (χ4n) is 3.42. The molecular weight excluding hydrogens is 356 g/mol. The van der Waals surface area contributed by atoms with Gasteiger partial charge in [0.1, 0.15) is 23.1 Å². The van der Waals surface area contributed by atoms with Gasteiger partial charge in [0.05, 0.1) is 12.2 Å². The summed E-state index contributed by atoms with van der Waals surface area (Å²) in [4.78, 5) is 24.5. The van der Waals surface area contributed by atoms with Crippen LogP contribution in [0.25, 0.3) is 0 Å². The van der Waals surface area contributed by atoms with Crippen molar-refractivity contribution in [2.75, 3.05) is 19.7 Å². The van der Waals surface area contributed by atoms with E-state index in [1.165, 1.54) is 19.1 Å². The molecule has 27 heavy (non-hydrogen) atoms. The summed E-state index contributed by atoms with van der Waals surface area (Å²) in [5.74, 6) is -2.00. The van der Waals surface area contributed by atoms with Crippen LogP contribution < -0.4 is 4.74 Å². The Morgan fingerprint density at radius 1 is 1.30 bits per heavy atom. The summed E-state index contributed by atoms with van der Waals surface area (Å²) in [6, 6.07) is 7.71. The monoisotopic (exact) mass is 375 g/mol. The molecule has 0 saturated carbocycles. The summed E-state index contributed by atoms with van der Waals surface area (Å²) in [6.07, 6.45) is 0.491. The molecule has 142 valence electrons. The molecule has 2 aromatic rings. The Morgan fingerprint density at radius 2 is 2.07 bits per heavy atom. The summed E-state index contributed by atoms with van der Waals surface area (Å²) < 4.78 is 33.6. The molecule has 1 amide bonds. The van der Waals surface area contributed by atoms with Gasteiger partial charge in [-0.1, -0.05) is 6.07 Å². The van der Waals surface area contributed by atoms with E-state index in [1.807, 2.05) is 0 Å². The third-order valence-corrected chi connectivity index (χ3v) is 4.86. The van der Waals surface area contributed by atoms with E-state index in [-0.39, 0.29) is 47.6 Å². The number of hydrogen-bond acceptors (Lipinski definition) is 4. The lowest BCUT2D eigenvalue weighted by atomic mass is 9.89. The number of halogens is 2. The van der Waals surface area contributed by atoms with E-state index in [4.69, 9.17) is 4.74 Å². The van der Waals surface area contributed by atoms with E-state index in [0.717, 1.165) is 18.2 Å². The van der Waals surface area contributed by atoms with Crippen LogP contribution in [0.2, 0.25) is 0 Å². The number of nitrogens with zero attached hydrogens (tertiary/aromatic N) is 1. The summed E-state index contributed by atoms with van der Waals surface area (Å²) in [5.41, 5.74) is 0.214. The Kier molecular flexibility index (Phi) is 5.39. The van der Waals surface area contributed by atoms with E-state index >= 15 is 0 Å².